The molecule has 0 bridgehead atoms. The number of nitrogens with two attached hydrogens (primary N) is 1. The first-order chi connectivity index (χ1) is 8.51. The number of nitrogen functional groups attached to an aromatic ring is 1. The monoisotopic (exact) mass is 253 g/mol. The van der Waals surface area contributed by atoms with E-state index in [0.29, 0.717) is 0 Å². The molecule has 18 heavy (non-hydrogen) atoms. The molecule has 0 atom stereocenters. The first-order valence-corrected chi connectivity index (χ1v) is 5.48. The number of anilines is 1. The van der Waals surface area contributed by atoms with Gasteiger partial charge in [-0.15, -0.1) is 0 Å². The van der Waals surface area contributed by atoms with Gasteiger partial charge in [0.05, 0.1) is 13.2 Å². The number of phenols is 1. The highest BCUT2D eigenvalue weighted by atomic mass is 16.5. The number of phenolic OH excluding ortho intramolecular Hbond substituents is 1. The smallest absolute Gasteiger partial charge is 0.342 e. The molecular formula is C12H15NO5. The van der Waals surface area contributed by atoms with Crippen LogP contribution in [0, 0.1) is 0 Å². The summed E-state index contributed by atoms with van der Waals surface area (Å²) in [5.74, 6) is -1.97. The number of carbonyl (C=O) groups excluding carboxylic acids is 2. The Balaban J connectivity index is 3.22. The summed E-state index contributed by atoms with van der Waals surface area (Å²) in [6, 6.07) is 2.49. The van der Waals surface area contributed by atoms with E-state index in [1.807, 2.05) is 0 Å². The predicted octanol–water partition coefficient (Wildman–Crippen LogP) is 1.33. The second-order valence-electron chi connectivity index (χ2n) is 3.41. The van der Waals surface area contributed by atoms with Crippen molar-refractivity contribution < 1.29 is 24.2 Å². The normalized spacial score (nSPS) is 9.89. The number of aromatic hydroxyl groups is 1. The maximum Gasteiger partial charge on any atom is 0.342 e. The molecule has 0 radical (unpaired) electrons. The molecule has 0 aliphatic heterocycles. The third kappa shape index (κ3) is 2.91. The topological polar surface area (TPSA) is 98.9 Å². The standard InChI is InChI=1S/C12H15NO5/c1-3-17-11(15)8-5-7(13)6-9(10(8)14)12(16)18-4-2/h5-6,14H,3-4,13H2,1-2H3. The van der Waals surface area contributed by atoms with Gasteiger partial charge < -0.3 is 20.3 Å². The zero-order chi connectivity index (χ0) is 13.7. The maximum atomic E-state index is 11.6. The third-order valence-electron chi connectivity index (χ3n) is 2.12. The van der Waals surface area contributed by atoms with E-state index in [0.717, 1.165) is 0 Å². The molecule has 0 saturated carbocycles. The molecule has 0 heterocycles. The van der Waals surface area contributed by atoms with Gasteiger partial charge in [-0.05, 0) is 26.0 Å². The van der Waals surface area contributed by atoms with Crippen LogP contribution in [0.4, 0.5) is 5.69 Å². The van der Waals surface area contributed by atoms with Gasteiger partial charge in [0.2, 0.25) is 0 Å². The summed E-state index contributed by atoms with van der Waals surface area (Å²) in [6.45, 7) is 3.57. The summed E-state index contributed by atoms with van der Waals surface area (Å²) in [5.41, 5.74) is 5.43. The van der Waals surface area contributed by atoms with Crippen molar-refractivity contribution in [2.45, 2.75) is 13.8 Å². The molecule has 0 spiro atoms. The van der Waals surface area contributed by atoms with Crippen molar-refractivity contribution in [3.8, 4) is 5.75 Å². The number of benzene rings is 1. The van der Waals surface area contributed by atoms with E-state index in [1.54, 1.807) is 13.8 Å². The van der Waals surface area contributed by atoms with Gasteiger partial charge in [0.25, 0.3) is 0 Å². The molecule has 98 valence electrons. The maximum absolute atomic E-state index is 11.6. The molecular weight excluding hydrogens is 238 g/mol. The van der Waals surface area contributed by atoms with Crippen LogP contribution in [-0.2, 0) is 9.47 Å². The van der Waals surface area contributed by atoms with Gasteiger partial charge in [-0.25, -0.2) is 9.59 Å². The minimum absolute atomic E-state index is 0.153. The summed E-state index contributed by atoms with van der Waals surface area (Å²) in [4.78, 5) is 23.1. The highest BCUT2D eigenvalue weighted by Crippen LogP contribution is 2.27. The molecule has 0 fully saturated rings. The van der Waals surface area contributed by atoms with Crippen molar-refractivity contribution in [1.82, 2.24) is 0 Å². The van der Waals surface area contributed by atoms with Crippen LogP contribution in [0.15, 0.2) is 12.1 Å². The predicted molar refractivity (Wildman–Crippen MR) is 64.4 cm³/mol. The number of esters is 2. The van der Waals surface area contributed by atoms with E-state index >= 15 is 0 Å². The Morgan fingerprint density at radius 1 is 1.11 bits per heavy atom. The van der Waals surface area contributed by atoms with Crippen LogP contribution >= 0.6 is 0 Å². The molecule has 3 N–H and O–H groups in total. The van der Waals surface area contributed by atoms with Crippen molar-refractivity contribution in [3.05, 3.63) is 23.3 Å². The highest BCUT2D eigenvalue weighted by molar-refractivity contribution is 6.01. The lowest BCUT2D eigenvalue weighted by molar-refractivity contribution is 0.0519. The Morgan fingerprint density at radius 3 is 1.83 bits per heavy atom. The van der Waals surface area contributed by atoms with Gasteiger partial charge in [-0.2, -0.15) is 0 Å². The van der Waals surface area contributed by atoms with Crippen molar-refractivity contribution in [2.75, 3.05) is 18.9 Å². The summed E-state index contributed by atoms with van der Waals surface area (Å²) < 4.78 is 9.50. The first-order valence-electron chi connectivity index (χ1n) is 5.48. The molecule has 0 aliphatic carbocycles. The Morgan fingerprint density at radius 2 is 1.50 bits per heavy atom. The van der Waals surface area contributed by atoms with Crippen LogP contribution in [-0.4, -0.2) is 30.3 Å². The van der Waals surface area contributed by atoms with E-state index in [2.05, 4.69) is 0 Å². The Kier molecular flexibility index (Phi) is 4.53. The summed E-state index contributed by atoms with van der Waals surface area (Å²) in [7, 11) is 0. The number of ether oxygens (including phenoxy) is 2. The van der Waals surface area contributed by atoms with Gasteiger partial charge in [-0.3, -0.25) is 0 Å². The van der Waals surface area contributed by atoms with Crippen LogP contribution < -0.4 is 5.73 Å². The molecule has 0 unspecified atom stereocenters. The number of hydrogen-bond acceptors (Lipinski definition) is 6. The molecule has 6 heteroatoms. The zero-order valence-corrected chi connectivity index (χ0v) is 10.2. The first kappa shape index (κ1) is 13.8. The van der Waals surface area contributed by atoms with E-state index in [-0.39, 0.29) is 30.0 Å². The molecule has 1 rings (SSSR count). The van der Waals surface area contributed by atoms with E-state index in [9.17, 15) is 14.7 Å². The quantitative estimate of drug-likeness (QED) is 0.477. The molecule has 0 aromatic heterocycles. The van der Waals surface area contributed by atoms with E-state index < -0.39 is 17.7 Å². The molecule has 1 aromatic carbocycles. The van der Waals surface area contributed by atoms with Crippen molar-refractivity contribution >= 4 is 17.6 Å². The van der Waals surface area contributed by atoms with Gasteiger partial charge >= 0.3 is 11.9 Å². The largest absolute Gasteiger partial charge is 0.506 e. The Bertz CT molecular complexity index is 431. The average molecular weight is 253 g/mol. The number of carbonyl (C=O) groups is 2. The fraction of sp³-hybridized carbons (Fsp3) is 0.333. The summed E-state index contributed by atoms with van der Waals surface area (Å²) in [5, 5.41) is 9.85. The second kappa shape index (κ2) is 5.90. The Labute approximate surface area is 104 Å². The second-order valence-corrected chi connectivity index (χ2v) is 3.41. The molecule has 1 aromatic rings. The van der Waals surface area contributed by atoms with Gasteiger partial charge in [0, 0.05) is 5.69 Å². The number of rotatable bonds is 4. The summed E-state index contributed by atoms with van der Waals surface area (Å²) >= 11 is 0. The van der Waals surface area contributed by atoms with Crippen molar-refractivity contribution in [3.63, 3.8) is 0 Å². The SMILES string of the molecule is CCOC(=O)c1cc(N)cc(C(=O)OCC)c1O. The van der Waals surface area contributed by atoms with Gasteiger partial charge in [0.15, 0.2) is 0 Å². The van der Waals surface area contributed by atoms with Crippen LogP contribution in [0.3, 0.4) is 0 Å². The molecule has 0 aliphatic rings. The van der Waals surface area contributed by atoms with Crippen molar-refractivity contribution in [1.29, 1.82) is 0 Å². The van der Waals surface area contributed by atoms with Crippen LogP contribution in [0.5, 0.6) is 5.75 Å². The zero-order valence-electron chi connectivity index (χ0n) is 10.2. The fourth-order valence-corrected chi connectivity index (χ4v) is 1.39. The van der Waals surface area contributed by atoms with E-state index in [4.69, 9.17) is 15.2 Å². The number of hydrogen-bond donors (Lipinski definition) is 2. The molecule has 0 saturated heterocycles. The average Bonchev–Trinajstić information content (AvgIpc) is 2.32. The molecule has 6 nitrogen and oxygen atoms in total. The summed E-state index contributed by atoms with van der Waals surface area (Å²) in [6.07, 6.45) is 0. The molecule has 0 amide bonds. The Hall–Kier alpha value is -2.24. The minimum atomic E-state index is -0.743. The third-order valence-corrected chi connectivity index (χ3v) is 2.12. The minimum Gasteiger partial charge on any atom is -0.506 e. The van der Waals surface area contributed by atoms with Crippen LogP contribution in [0.2, 0.25) is 0 Å². The van der Waals surface area contributed by atoms with Crippen molar-refractivity contribution in [2.24, 2.45) is 0 Å². The van der Waals surface area contributed by atoms with Gasteiger partial charge in [0.1, 0.15) is 16.9 Å². The van der Waals surface area contributed by atoms with Gasteiger partial charge in [-0.1, -0.05) is 0 Å². The van der Waals surface area contributed by atoms with Crippen LogP contribution in [0.1, 0.15) is 34.6 Å². The fourth-order valence-electron chi connectivity index (χ4n) is 1.39. The lowest BCUT2D eigenvalue weighted by atomic mass is 10.1. The highest BCUT2D eigenvalue weighted by Gasteiger charge is 2.21. The van der Waals surface area contributed by atoms with Crippen LogP contribution in [0.25, 0.3) is 0 Å². The lowest BCUT2D eigenvalue weighted by Gasteiger charge is -2.10. The lowest BCUT2D eigenvalue weighted by Crippen LogP contribution is -2.11. The van der Waals surface area contributed by atoms with E-state index in [1.165, 1.54) is 12.1 Å².